The van der Waals surface area contributed by atoms with Crippen LogP contribution in [0.1, 0.15) is 6.42 Å². The van der Waals surface area contributed by atoms with Gasteiger partial charge < -0.3 is 5.32 Å². The number of hydrogen-bond donors (Lipinski definition) is 2. The van der Waals surface area contributed by atoms with Crippen LogP contribution in [-0.4, -0.2) is 32.1 Å². The average Bonchev–Trinajstić information content (AvgIpc) is 2.71. The number of rotatable bonds is 6. The summed E-state index contributed by atoms with van der Waals surface area (Å²) in [6.45, 7) is 1.16. The molecule has 18 heavy (non-hydrogen) atoms. The predicted molar refractivity (Wildman–Crippen MR) is 75.6 cm³/mol. The van der Waals surface area contributed by atoms with Gasteiger partial charge in [0.15, 0.2) is 0 Å². The lowest BCUT2D eigenvalue weighted by Crippen LogP contribution is -2.24. The molecular weight excluding hydrogens is 270 g/mol. The monoisotopic (exact) mass is 285 g/mol. The zero-order valence-corrected chi connectivity index (χ0v) is 11.6. The number of nitrogens with one attached hydrogen (secondary N) is 2. The summed E-state index contributed by atoms with van der Waals surface area (Å²) >= 11 is 1.43. The molecule has 0 saturated carbocycles. The highest BCUT2D eigenvalue weighted by atomic mass is 32.2. The Labute approximate surface area is 110 Å². The Balaban J connectivity index is 1.84. The molecule has 1 aromatic carbocycles. The van der Waals surface area contributed by atoms with Crippen LogP contribution in [0.2, 0.25) is 0 Å². The zero-order chi connectivity index (χ0) is 13.0. The molecule has 0 aliphatic heterocycles. The van der Waals surface area contributed by atoms with Crippen LogP contribution in [0.25, 0.3) is 10.9 Å². The first-order valence-corrected chi connectivity index (χ1v) is 8.26. The molecule has 2 aromatic rings. The molecule has 5 nitrogen and oxygen atoms in total. The molecule has 0 aliphatic rings. The summed E-state index contributed by atoms with van der Waals surface area (Å²) in [5, 5.41) is 5.42. The predicted octanol–water partition coefficient (Wildman–Crippen LogP) is 1.65. The maximum Gasteiger partial charge on any atom is 0.208 e. The van der Waals surface area contributed by atoms with Crippen LogP contribution in [0.3, 0.4) is 0 Å². The highest BCUT2D eigenvalue weighted by Gasteiger charge is 2.04. The van der Waals surface area contributed by atoms with Gasteiger partial charge in [-0.05, 0) is 30.1 Å². The molecule has 0 radical (unpaired) electrons. The Morgan fingerprint density at radius 1 is 1.28 bits per heavy atom. The van der Waals surface area contributed by atoms with Crippen molar-refractivity contribution in [2.75, 3.05) is 24.7 Å². The van der Waals surface area contributed by atoms with Crippen molar-refractivity contribution < 1.29 is 8.42 Å². The first-order valence-electron chi connectivity index (χ1n) is 5.59. The fourth-order valence-corrected chi connectivity index (χ4v) is 2.87. The van der Waals surface area contributed by atoms with Gasteiger partial charge >= 0.3 is 0 Å². The Morgan fingerprint density at radius 2 is 2.06 bits per heavy atom. The van der Waals surface area contributed by atoms with Crippen molar-refractivity contribution in [1.29, 1.82) is 0 Å². The molecule has 1 aromatic heterocycles. The molecule has 0 fully saturated rings. The second kappa shape index (κ2) is 5.64. The molecular formula is C11H15N3O2S2. The Hall–Kier alpha value is -1.18. The molecule has 7 heteroatoms. The van der Waals surface area contributed by atoms with Gasteiger partial charge in [-0.2, -0.15) is 4.37 Å². The molecule has 0 bridgehead atoms. The van der Waals surface area contributed by atoms with E-state index in [2.05, 4.69) is 14.4 Å². The molecule has 0 aliphatic carbocycles. The summed E-state index contributed by atoms with van der Waals surface area (Å²) in [5.74, 6) is 0. The fourth-order valence-electron chi connectivity index (χ4n) is 1.56. The van der Waals surface area contributed by atoms with E-state index in [4.69, 9.17) is 0 Å². The van der Waals surface area contributed by atoms with Crippen LogP contribution in [0, 0.1) is 0 Å². The Bertz CT molecular complexity index is 622. The second-order valence-corrected chi connectivity index (χ2v) is 6.58. The van der Waals surface area contributed by atoms with Crippen molar-refractivity contribution in [2.45, 2.75) is 6.42 Å². The van der Waals surface area contributed by atoms with Gasteiger partial charge in [0.25, 0.3) is 0 Å². The van der Waals surface area contributed by atoms with E-state index >= 15 is 0 Å². The van der Waals surface area contributed by atoms with Crippen LogP contribution in [0.15, 0.2) is 24.3 Å². The van der Waals surface area contributed by atoms with Crippen molar-refractivity contribution in [3.8, 4) is 0 Å². The van der Waals surface area contributed by atoms with Crippen LogP contribution in [0.5, 0.6) is 0 Å². The Kier molecular flexibility index (Phi) is 4.15. The van der Waals surface area contributed by atoms with E-state index in [0.29, 0.717) is 13.1 Å². The van der Waals surface area contributed by atoms with Gasteiger partial charge in [-0.1, -0.05) is 12.1 Å². The van der Waals surface area contributed by atoms with Gasteiger partial charge in [0.2, 0.25) is 10.0 Å². The minimum atomic E-state index is -3.08. The van der Waals surface area contributed by atoms with Crippen LogP contribution in [-0.2, 0) is 10.0 Å². The van der Waals surface area contributed by atoms with E-state index in [0.717, 1.165) is 28.6 Å². The smallest absolute Gasteiger partial charge is 0.208 e. The number of hydrogen-bond acceptors (Lipinski definition) is 5. The molecule has 2 rings (SSSR count). The fraction of sp³-hybridized carbons (Fsp3) is 0.364. The number of anilines is 1. The van der Waals surface area contributed by atoms with E-state index < -0.39 is 10.0 Å². The van der Waals surface area contributed by atoms with E-state index in [9.17, 15) is 8.42 Å². The normalized spacial score (nSPS) is 11.8. The first-order chi connectivity index (χ1) is 8.56. The van der Waals surface area contributed by atoms with Gasteiger partial charge in [0, 0.05) is 18.5 Å². The highest BCUT2D eigenvalue weighted by Crippen LogP contribution is 2.26. The molecule has 2 N–H and O–H groups in total. The van der Waals surface area contributed by atoms with Gasteiger partial charge in [-0.15, -0.1) is 0 Å². The SMILES string of the molecule is CS(=O)(=O)NCCCNc1snc2ccccc12. The first kappa shape index (κ1) is 13.3. The summed E-state index contributed by atoms with van der Waals surface area (Å²) in [6.07, 6.45) is 1.90. The van der Waals surface area contributed by atoms with Gasteiger partial charge in [-0.3, -0.25) is 0 Å². The van der Waals surface area contributed by atoms with Crippen LogP contribution in [0.4, 0.5) is 5.00 Å². The topological polar surface area (TPSA) is 71.1 Å². The van der Waals surface area contributed by atoms with Gasteiger partial charge in [-0.25, -0.2) is 13.1 Å². The van der Waals surface area contributed by atoms with Crippen LogP contribution >= 0.6 is 11.5 Å². The minimum absolute atomic E-state index is 0.447. The average molecular weight is 285 g/mol. The minimum Gasteiger partial charge on any atom is -0.375 e. The summed E-state index contributed by atoms with van der Waals surface area (Å²) in [6, 6.07) is 7.94. The molecule has 0 spiro atoms. The molecule has 0 unspecified atom stereocenters. The second-order valence-electron chi connectivity index (χ2n) is 3.98. The number of aromatic nitrogens is 1. The van der Waals surface area contributed by atoms with E-state index in [-0.39, 0.29) is 0 Å². The molecule has 0 saturated heterocycles. The van der Waals surface area contributed by atoms with Crippen LogP contribution < -0.4 is 10.0 Å². The maximum atomic E-state index is 10.9. The summed E-state index contributed by atoms with van der Waals surface area (Å²) in [7, 11) is -3.08. The highest BCUT2D eigenvalue weighted by molar-refractivity contribution is 7.88. The molecule has 0 amide bonds. The zero-order valence-electron chi connectivity index (χ0n) is 10.0. The van der Waals surface area contributed by atoms with Crippen molar-refractivity contribution in [2.24, 2.45) is 0 Å². The third-order valence-corrected chi connectivity index (χ3v) is 3.95. The molecule has 1 heterocycles. The number of nitrogens with zero attached hydrogens (tertiary/aromatic N) is 1. The summed E-state index contributed by atoms with van der Waals surface area (Å²) in [4.78, 5) is 0. The van der Waals surface area contributed by atoms with Crippen molar-refractivity contribution in [3.05, 3.63) is 24.3 Å². The van der Waals surface area contributed by atoms with E-state index in [1.807, 2.05) is 24.3 Å². The van der Waals surface area contributed by atoms with Crippen molar-refractivity contribution >= 4 is 37.5 Å². The lowest BCUT2D eigenvalue weighted by molar-refractivity contribution is 0.586. The van der Waals surface area contributed by atoms with Crippen molar-refractivity contribution in [3.63, 3.8) is 0 Å². The molecule has 0 atom stereocenters. The van der Waals surface area contributed by atoms with Gasteiger partial charge in [0.05, 0.1) is 11.8 Å². The van der Waals surface area contributed by atoms with Crippen molar-refractivity contribution in [1.82, 2.24) is 9.10 Å². The summed E-state index contributed by atoms with van der Waals surface area (Å²) in [5.41, 5.74) is 0.985. The third-order valence-electron chi connectivity index (χ3n) is 2.39. The lowest BCUT2D eigenvalue weighted by Gasteiger charge is -2.04. The number of benzene rings is 1. The number of sulfonamides is 1. The van der Waals surface area contributed by atoms with Gasteiger partial charge in [0.1, 0.15) is 5.00 Å². The largest absolute Gasteiger partial charge is 0.375 e. The van der Waals surface area contributed by atoms with E-state index in [1.165, 1.54) is 11.5 Å². The standard InChI is InChI=1S/C11H15N3O2S2/c1-18(15,16)13-8-4-7-12-11-9-5-2-3-6-10(9)14-17-11/h2-3,5-6,12-13H,4,7-8H2,1H3. The number of fused-ring (bicyclic) bond motifs is 1. The summed E-state index contributed by atoms with van der Waals surface area (Å²) < 4.78 is 28.5. The Morgan fingerprint density at radius 3 is 2.83 bits per heavy atom. The quantitative estimate of drug-likeness (QED) is 0.792. The molecule has 98 valence electrons. The third kappa shape index (κ3) is 3.66. The maximum absolute atomic E-state index is 10.9. The van der Waals surface area contributed by atoms with E-state index in [1.54, 1.807) is 0 Å². The lowest BCUT2D eigenvalue weighted by atomic mass is 10.2.